The molecule has 4 heteroatoms. The first-order valence-corrected chi connectivity index (χ1v) is 6.70. The van der Waals surface area contributed by atoms with E-state index in [1.54, 1.807) is 6.20 Å². The smallest absolute Gasteiger partial charge is 0.223 e. The molecule has 1 fully saturated rings. The van der Waals surface area contributed by atoms with Crippen molar-refractivity contribution in [3.8, 4) is 0 Å². The first-order valence-electron chi connectivity index (χ1n) is 6.70. The molecular formula is C14H21N3O. The average Bonchev–Trinajstić information content (AvgIpc) is 2.45. The number of aryl methyl sites for hydroxylation is 1. The molecular weight excluding hydrogens is 226 g/mol. The van der Waals surface area contributed by atoms with Crippen LogP contribution in [-0.2, 0) is 11.2 Å². The van der Waals surface area contributed by atoms with Crippen molar-refractivity contribution in [2.24, 2.45) is 5.73 Å². The Bertz CT molecular complexity index is 380. The van der Waals surface area contributed by atoms with Crippen molar-refractivity contribution in [1.29, 1.82) is 0 Å². The largest absolute Gasteiger partial charge is 0.338 e. The van der Waals surface area contributed by atoms with Crippen LogP contribution in [0.25, 0.3) is 0 Å². The maximum atomic E-state index is 12.2. The number of nitrogens with zero attached hydrogens (tertiary/aromatic N) is 2. The van der Waals surface area contributed by atoms with E-state index in [0.717, 1.165) is 25.1 Å². The molecule has 98 valence electrons. The summed E-state index contributed by atoms with van der Waals surface area (Å²) in [5, 5.41) is 0. The average molecular weight is 247 g/mol. The topological polar surface area (TPSA) is 59.2 Å². The standard InChI is InChI=1S/C14H21N3O/c15-11-13-6-2-4-10-17(13)14(18)8-7-12-5-1-3-9-16-12/h1,3,5,9,13H,2,4,6-8,10-11,15H2/t13-/m0/s1. The molecule has 0 aromatic carbocycles. The predicted octanol–water partition coefficient (Wildman–Crippen LogP) is 1.35. The van der Waals surface area contributed by atoms with Crippen LogP contribution in [0.2, 0.25) is 0 Å². The number of nitrogens with two attached hydrogens (primary N) is 1. The molecule has 2 heterocycles. The second kappa shape index (κ2) is 6.50. The highest BCUT2D eigenvalue weighted by molar-refractivity contribution is 5.76. The Morgan fingerprint density at radius 1 is 1.44 bits per heavy atom. The third-order valence-corrected chi connectivity index (χ3v) is 3.54. The summed E-state index contributed by atoms with van der Waals surface area (Å²) in [7, 11) is 0. The summed E-state index contributed by atoms with van der Waals surface area (Å²) in [5.41, 5.74) is 6.71. The number of aromatic nitrogens is 1. The molecule has 1 atom stereocenters. The van der Waals surface area contributed by atoms with Crippen LogP contribution in [0.15, 0.2) is 24.4 Å². The SMILES string of the molecule is NC[C@@H]1CCCCN1C(=O)CCc1ccccn1. The maximum absolute atomic E-state index is 12.2. The Morgan fingerprint density at radius 3 is 3.06 bits per heavy atom. The Hall–Kier alpha value is -1.42. The lowest BCUT2D eigenvalue weighted by molar-refractivity contribution is -0.134. The lowest BCUT2D eigenvalue weighted by Crippen LogP contribution is -2.47. The van der Waals surface area contributed by atoms with E-state index in [2.05, 4.69) is 4.98 Å². The van der Waals surface area contributed by atoms with Gasteiger partial charge < -0.3 is 10.6 Å². The minimum atomic E-state index is 0.218. The van der Waals surface area contributed by atoms with E-state index in [-0.39, 0.29) is 11.9 Å². The molecule has 0 spiro atoms. The van der Waals surface area contributed by atoms with Gasteiger partial charge in [-0.25, -0.2) is 0 Å². The van der Waals surface area contributed by atoms with Gasteiger partial charge in [-0.05, 0) is 37.8 Å². The van der Waals surface area contributed by atoms with Crippen LogP contribution in [0.4, 0.5) is 0 Å². The van der Waals surface area contributed by atoms with Crippen LogP contribution < -0.4 is 5.73 Å². The van der Waals surface area contributed by atoms with Crippen LogP contribution in [-0.4, -0.2) is 34.9 Å². The van der Waals surface area contributed by atoms with Crippen molar-refractivity contribution in [3.05, 3.63) is 30.1 Å². The summed E-state index contributed by atoms with van der Waals surface area (Å²) in [6.45, 7) is 1.44. The third-order valence-electron chi connectivity index (χ3n) is 3.54. The summed E-state index contributed by atoms with van der Waals surface area (Å²) < 4.78 is 0. The van der Waals surface area contributed by atoms with E-state index in [0.29, 0.717) is 19.4 Å². The number of pyridine rings is 1. The van der Waals surface area contributed by atoms with Gasteiger partial charge in [-0.2, -0.15) is 0 Å². The number of piperidine rings is 1. The highest BCUT2D eigenvalue weighted by Crippen LogP contribution is 2.17. The summed E-state index contributed by atoms with van der Waals surface area (Å²) in [4.78, 5) is 18.4. The lowest BCUT2D eigenvalue weighted by Gasteiger charge is -2.35. The lowest BCUT2D eigenvalue weighted by atomic mass is 10.0. The van der Waals surface area contributed by atoms with Gasteiger partial charge in [-0.15, -0.1) is 0 Å². The van der Waals surface area contributed by atoms with Gasteiger partial charge in [0.05, 0.1) is 0 Å². The molecule has 1 aromatic heterocycles. The zero-order valence-corrected chi connectivity index (χ0v) is 10.7. The fourth-order valence-corrected chi connectivity index (χ4v) is 2.50. The number of amides is 1. The van der Waals surface area contributed by atoms with Crippen molar-refractivity contribution >= 4 is 5.91 Å². The molecule has 0 aliphatic carbocycles. The highest BCUT2D eigenvalue weighted by atomic mass is 16.2. The van der Waals surface area contributed by atoms with E-state index in [9.17, 15) is 4.79 Å². The van der Waals surface area contributed by atoms with Crippen LogP contribution in [0.5, 0.6) is 0 Å². The van der Waals surface area contributed by atoms with E-state index in [1.165, 1.54) is 6.42 Å². The molecule has 18 heavy (non-hydrogen) atoms. The minimum Gasteiger partial charge on any atom is -0.338 e. The van der Waals surface area contributed by atoms with Crippen LogP contribution in [0, 0.1) is 0 Å². The number of carbonyl (C=O) groups is 1. The van der Waals surface area contributed by atoms with E-state index in [1.807, 2.05) is 23.1 Å². The molecule has 0 bridgehead atoms. The van der Waals surface area contributed by atoms with Crippen LogP contribution in [0.3, 0.4) is 0 Å². The summed E-state index contributed by atoms with van der Waals surface area (Å²) in [6, 6.07) is 6.05. The van der Waals surface area contributed by atoms with Crippen molar-refractivity contribution in [1.82, 2.24) is 9.88 Å². The number of hydrogen-bond donors (Lipinski definition) is 1. The highest BCUT2D eigenvalue weighted by Gasteiger charge is 2.24. The number of carbonyl (C=O) groups excluding carboxylic acids is 1. The van der Waals surface area contributed by atoms with Crippen molar-refractivity contribution < 1.29 is 4.79 Å². The molecule has 2 N–H and O–H groups in total. The van der Waals surface area contributed by atoms with Gasteiger partial charge >= 0.3 is 0 Å². The van der Waals surface area contributed by atoms with Crippen molar-refractivity contribution in [2.75, 3.05) is 13.1 Å². The zero-order chi connectivity index (χ0) is 12.8. The first kappa shape index (κ1) is 13.0. The quantitative estimate of drug-likeness (QED) is 0.873. The Kier molecular flexibility index (Phi) is 4.70. The normalized spacial score (nSPS) is 19.8. The molecule has 0 radical (unpaired) electrons. The van der Waals surface area contributed by atoms with Crippen molar-refractivity contribution in [2.45, 2.75) is 38.1 Å². The molecule has 1 aromatic rings. The second-order valence-corrected chi connectivity index (χ2v) is 4.79. The first-order chi connectivity index (χ1) is 8.81. The van der Waals surface area contributed by atoms with Gasteiger partial charge in [0.1, 0.15) is 0 Å². The Morgan fingerprint density at radius 2 is 2.33 bits per heavy atom. The molecule has 4 nitrogen and oxygen atoms in total. The van der Waals surface area contributed by atoms with Crippen molar-refractivity contribution in [3.63, 3.8) is 0 Å². The maximum Gasteiger partial charge on any atom is 0.223 e. The number of hydrogen-bond acceptors (Lipinski definition) is 3. The number of rotatable bonds is 4. The molecule has 0 unspecified atom stereocenters. The van der Waals surface area contributed by atoms with E-state index in [4.69, 9.17) is 5.73 Å². The summed E-state index contributed by atoms with van der Waals surface area (Å²) in [6.07, 6.45) is 6.36. The van der Waals surface area contributed by atoms with Gasteiger partial charge in [0.15, 0.2) is 0 Å². The van der Waals surface area contributed by atoms with E-state index >= 15 is 0 Å². The fourth-order valence-electron chi connectivity index (χ4n) is 2.50. The molecule has 2 rings (SSSR count). The van der Waals surface area contributed by atoms with Gasteiger partial charge in [-0.3, -0.25) is 9.78 Å². The molecule has 1 aliphatic heterocycles. The third kappa shape index (κ3) is 3.29. The van der Waals surface area contributed by atoms with Gasteiger partial charge in [0.25, 0.3) is 0 Å². The van der Waals surface area contributed by atoms with Gasteiger partial charge in [0, 0.05) is 37.4 Å². The summed E-state index contributed by atoms with van der Waals surface area (Å²) in [5.74, 6) is 0.218. The minimum absolute atomic E-state index is 0.218. The molecule has 0 saturated carbocycles. The predicted molar refractivity (Wildman–Crippen MR) is 71.0 cm³/mol. The van der Waals surface area contributed by atoms with Crippen LogP contribution >= 0.6 is 0 Å². The monoisotopic (exact) mass is 247 g/mol. The fraction of sp³-hybridized carbons (Fsp3) is 0.571. The Balaban J connectivity index is 1.87. The second-order valence-electron chi connectivity index (χ2n) is 4.79. The van der Waals surface area contributed by atoms with E-state index < -0.39 is 0 Å². The van der Waals surface area contributed by atoms with Gasteiger partial charge in [-0.1, -0.05) is 6.07 Å². The Labute approximate surface area is 108 Å². The molecule has 1 amide bonds. The summed E-state index contributed by atoms with van der Waals surface area (Å²) >= 11 is 0. The molecule has 1 aliphatic rings. The zero-order valence-electron chi connectivity index (χ0n) is 10.7. The molecule has 1 saturated heterocycles. The van der Waals surface area contributed by atoms with Gasteiger partial charge in [0.2, 0.25) is 5.91 Å². The van der Waals surface area contributed by atoms with Crippen LogP contribution in [0.1, 0.15) is 31.4 Å². The number of likely N-dealkylation sites (tertiary alicyclic amines) is 1.